The predicted molar refractivity (Wildman–Crippen MR) is 72.1 cm³/mol. The molecule has 1 heterocycles. The second-order valence-electron chi connectivity index (χ2n) is 3.98. The van der Waals surface area contributed by atoms with Crippen LogP contribution in [0.2, 0.25) is 0 Å². The Hall–Kier alpha value is -2.14. The van der Waals surface area contributed by atoms with E-state index in [1.807, 2.05) is 37.3 Å². The van der Waals surface area contributed by atoms with E-state index in [4.69, 9.17) is 15.2 Å². The van der Waals surface area contributed by atoms with Crippen molar-refractivity contribution >= 4 is 0 Å². The van der Waals surface area contributed by atoms with Gasteiger partial charge in [0, 0.05) is 24.0 Å². The van der Waals surface area contributed by atoms with E-state index in [1.54, 1.807) is 6.20 Å². The number of hydrogen-bond acceptors (Lipinski definition) is 5. The minimum Gasteiger partial charge on any atom is -0.490 e. The van der Waals surface area contributed by atoms with Crippen molar-refractivity contribution in [3.05, 3.63) is 47.8 Å². The van der Waals surface area contributed by atoms with Crippen molar-refractivity contribution in [3.63, 3.8) is 0 Å². The number of nitrogens with zero attached hydrogens (tertiary/aromatic N) is 2. The van der Waals surface area contributed by atoms with E-state index in [-0.39, 0.29) is 0 Å². The van der Waals surface area contributed by atoms with Crippen LogP contribution in [0.25, 0.3) is 0 Å². The molecule has 0 radical (unpaired) electrons. The summed E-state index contributed by atoms with van der Waals surface area (Å²) in [5, 5.41) is 0. The number of aryl methyl sites for hydroxylation is 1. The number of aromatic nitrogens is 2. The Morgan fingerprint density at radius 3 is 2.53 bits per heavy atom. The lowest BCUT2D eigenvalue weighted by Gasteiger charge is -2.08. The van der Waals surface area contributed by atoms with Crippen molar-refractivity contribution in [2.45, 2.75) is 13.5 Å². The fourth-order valence-corrected chi connectivity index (χ4v) is 1.55. The van der Waals surface area contributed by atoms with E-state index in [1.165, 1.54) is 0 Å². The normalized spacial score (nSPS) is 10.2. The Morgan fingerprint density at radius 1 is 1.11 bits per heavy atom. The molecule has 0 bridgehead atoms. The topological polar surface area (TPSA) is 70.3 Å². The average Bonchev–Trinajstić information content (AvgIpc) is 2.45. The standard InChI is InChI=1S/C14H17N3O2/c1-11-12(9-15)10-16-14(17-11)19-8-7-18-13-5-3-2-4-6-13/h2-6,10H,7-9,15H2,1H3. The van der Waals surface area contributed by atoms with E-state index in [0.717, 1.165) is 17.0 Å². The van der Waals surface area contributed by atoms with E-state index in [2.05, 4.69) is 9.97 Å². The molecule has 1 aromatic carbocycles. The number of benzene rings is 1. The van der Waals surface area contributed by atoms with Gasteiger partial charge in [0.15, 0.2) is 0 Å². The number of hydrogen-bond donors (Lipinski definition) is 1. The van der Waals surface area contributed by atoms with Crippen molar-refractivity contribution in [3.8, 4) is 11.8 Å². The highest BCUT2D eigenvalue weighted by atomic mass is 16.5. The van der Waals surface area contributed by atoms with Gasteiger partial charge in [-0.05, 0) is 19.1 Å². The molecule has 0 unspecified atom stereocenters. The Balaban J connectivity index is 1.78. The molecule has 0 saturated carbocycles. The SMILES string of the molecule is Cc1nc(OCCOc2ccccc2)ncc1CN. The summed E-state index contributed by atoms with van der Waals surface area (Å²) in [6, 6.07) is 9.95. The minimum absolute atomic E-state index is 0.353. The highest BCUT2D eigenvalue weighted by Crippen LogP contribution is 2.09. The Morgan fingerprint density at radius 2 is 1.84 bits per heavy atom. The smallest absolute Gasteiger partial charge is 0.316 e. The van der Waals surface area contributed by atoms with Crippen molar-refractivity contribution in [1.29, 1.82) is 0 Å². The van der Waals surface area contributed by atoms with Crippen LogP contribution in [-0.4, -0.2) is 23.2 Å². The lowest BCUT2D eigenvalue weighted by atomic mass is 10.2. The zero-order valence-corrected chi connectivity index (χ0v) is 10.9. The molecule has 0 aliphatic rings. The average molecular weight is 259 g/mol. The van der Waals surface area contributed by atoms with Gasteiger partial charge in [-0.3, -0.25) is 0 Å². The van der Waals surface area contributed by atoms with Crippen LogP contribution in [-0.2, 0) is 6.54 Å². The summed E-state index contributed by atoms with van der Waals surface area (Å²) in [5.74, 6) is 0.821. The van der Waals surface area contributed by atoms with Gasteiger partial charge in [0.2, 0.25) is 0 Å². The van der Waals surface area contributed by atoms with Gasteiger partial charge in [-0.25, -0.2) is 9.97 Å². The maximum absolute atomic E-state index is 5.55. The van der Waals surface area contributed by atoms with Crippen LogP contribution in [0.15, 0.2) is 36.5 Å². The third-order valence-electron chi connectivity index (χ3n) is 2.61. The molecule has 5 nitrogen and oxygen atoms in total. The molecule has 19 heavy (non-hydrogen) atoms. The molecule has 2 N–H and O–H groups in total. The fourth-order valence-electron chi connectivity index (χ4n) is 1.55. The molecule has 0 spiro atoms. The lowest BCUT2D eigenvalue weighted by Crippen LogP contribution is -2.11. The first kappa shape index (κ1) is 13.3. The van der Waals surface area contributed by atoms with Gasteiger partial charge in [0.05, 0.1) is 0 Å². The Bertz CT molecular complexity index is 517. The van der Waals surface area contributed by atoms with Crippen molar-refractivity contribution in [2.75, 3.05) is 13.2 Å². The third kappa shape index (κ3) is 3.93. The van der Waals surface area contributed by atoms with Gasteiger partial charge < -0.3 is 15.2 Å². The number of para-hydroxylation sites is 1. The summed E-state index contributed by atoms with van der Waals surface area (Å²) in [4.78, 5) is 8.31. The fraction of sp³-hybridized carbons (Fsp3) is 0.286. The zero-order valence-electron chi connectivity index (χ0n) is 10.9. The van der Waals surface area contributed by atoms with E-state index in [0.29, 0.717) is 25.8 Å². The largest absolute Gasteiger partial charge is 0.490 e. The summed E-state index contributed by atoms with van der Waals surface area (Å²) >= 11 is 0. The molecule has 0 aliphatic carbocycles. The van der Waals surface area contributed by atoms with E-state index in [9.17, 15) is 0 Å². The molecule has 0 aliphatic heterocycles. The van der Waals surface area contributed by atoms with Crippen LogP contribution in [0.1, 0.15) is 11.3 Å². The molecule has 0 saturated heterocycles. The molecule has 1 aromatic heterocycles. The molecule has 5 heteroatoms. The van der Waals surface area contributed by atoms with Crippen LogP contribution in [0, 0.1) is 6.92 Å². The van der Waals surface area contributed by atoms with Crippen LogP contribution < -0.4 is 15.2 Å². The maximum atomic E-state index is 5.55. The van der Waals surface area contributed by atoms with Crippen molar-refractivity contribution in [2.24, 2.45) is 5.73 Å². The Kier molecular flexibility index (Phi) is 4.69. The van der Waals surface area contributed by atoms with Crippen molar-refractivity contribution < 1.29 is 9.47 Å². The highest BCUT2D eigenvalue weighted by Gasteiger charge is 2.02. The van der Waals surface area contributed by atoms with Gasteiger partial charge in [0.25, 0.3) is 0 Å². The first-order valence-corrected chi connectivity index (χ1v) is 6.13. The molecule has 0 amide bonds. The molecular weight excluding hydrogens is 242 g/mol. The van der Waals surface area contributed by atoms with Gasteiger partial charge in [-0.1, -0.05) is 18.2 Å². The van der Waals surface area contributed by atoms with Crippen LogP contribution >= 0.6 is 0 Å². The monoisotopic (exact) mass is 259 g/mol. The van der Waals surface area contributed by atoms with Crippen LogP contribution in [0.3, 0.4) is 0 Å². The second-order valence-corrected chi connectivity index (χ2v) is 3.98. The summed E-state index contributed by atoms with van der Waals surface area (Å²) in [6.45, 7) is 3.17. The third-order valence-corrected chi connectivity index (χ3v) is 2.61. The zero-order chi connectivity index (χ0) is 13.5. The second kappa shape index (κ2) is 6.70. The highest BCUT2D eigenvalue weighted by molar-refractivity contribution is 5.21. The molecule has 0 fully saturated rings. The maximum Gasteiger partial charge on any atom is 0.316 e. The van der Waals surface area contributed by atoms with Gasteiger partial charge in [0.1, 0.15) is 19.0 Å². The van der Waals surface area contributed by atoms with Gasteiger partial charge in [-0.2, -0.15) is 0 Å². The van der Waals surface area contributed by atoms with Gasteiger partial charge >= 0.3 is 6.01 Å². The molecule has 2 aromatic rings. The Labute approximate surface area is 112 Å². The van der Waals surface area contributed by atoms with Crippen LogP contribution in [0.5, 0.6) is 11.8 Å². The molecule has 100 valence electrons. The first-order chi connectivity index (χ1) is 9.29. The van der Waals surface area contributed by atoms with Gasteiger partial charge in [-0.15, -0.1) is 0 Å². The molecule has 0 atom stereocenters. The molecule has 2 rings (SSSR count). The quantitative estimate of drug-likeness (QED) is 0.799. The number of ether oxygens (including phenoxy) is 2. The summed E-state index contributed by atoms with van der Waals surface area (Å²) in [7, 11) is 0. The number of nitrogens with two attached hydrogens (primary N) is 1. The summed E-state index contributed by atoms with van der Waals surface area (Å²) in [5.41, 5.74) is 7.31. The predicted octanol–water partition coefficient (Wildman–Crippen LogP) is 1.70. The lowest BCUT2D eigenvalue weighted by molar-refractivity contribution is 0.205. The van der Waals surface area contributed by atoms with Crippen LogP contribution in [0.4, 0.5) is 0 Å². The summed E-state index contributed by atoms with van der Waals surface area (Å²) in [6.07, 6.45) is 1.69. The first-order valence-electron chi connectivity index (χ1n) is 6.13. The van der Waals surface area contributed by atoms with E-state index < -0.39 is 0 Å². The number of rotatable bonds is 6. The minimum atomic E-state index is 0.353. The van der Waals surface area contributed by atoms with E-state index >= 15 is 0 Å². The summed E-state index contributed by atoms with van der Waals surface area (Å²) < 4.78 is 10.9. The molecular formula is C14H17N3O2. The van der Waals surface area contributed by atoms with Crippen molar-refractivity contribution in [1.82, 2.24) is 9.97 Å².